The van der Waals surface area contributed by atoms with Gasteiger partial charge in [-0.05, 0) is 34.9 Å². The highest BCUT2D eigenvalue weighted by Crippen LogP contribution is 2.50. The van der Waals surface area contributed by atoms with Crippen molar-refractivity contribution in [2.45, 2.75) is 19.9 Å². The zero-order chi connectivity index (χ0) is 22.0. The van der Waals surface area contributed by atoms with E-state index >= 15 is 0 Å². The topological polar surface area (TPSA) is 84.3 Å². The molecule has 1 aliphatic rings. The van der Waals surface area contributed by atoms with Gasteiger partial charge >= 0.3 is 5.97 Å². The van der Waals surface area contributed by atoms with E-state index in [1.165, 1.54) is 12.5 Å². The molecular weight excluding hydrogens is 404 g/mol. The van der Waals surface area contributed by atoms with Crippen LogP contribution in [0.25, 0.3) is 43.7 Å². The third-order valence-electron chi connectivity index (χ3n) is 6.46. The molecule has 0 radical (unpaired) electrons. The van der Waals surface area contributed by atoms with Gasteiger partial charge in [0.2, 0.25) is 0 Å². The Morgan fingerprint density at radius 3 is 2.84 bits per heavy atom. The highest BCUT2D eigenvalue weighted by atomic mass is 16.5. The van der Waals surface area contributed by atoms with E-state index in [0.717, 1.165) is 62.0 Å². The Morgan fingerprint density at radius 2 is 2.03 bits per heavy atom. The first-order valence-corrected chi connectivity index (χ1v) is 10.6. The first-order chi connectivity index (χ1) is 15.6. The number of hydrogen-bond donors (Lipinski definition) is 2. The molecule has 0 unspecified atom stereocenters. The number of carbonyl (C=O) groups excluding carboxylic acids is 2. The zero-order valence-corrected chi connectivity index (χ0v) is 17.4. The number of aromatic nitrogens is 2. The Bertz CT molecular complexity index is 1590. The number of ether oxygens (including phenoxy) is 1. The van der Waals surface area contributed by atoms with E-state index in [2.05, 4.69) is 21.7 Å². The lowest BCUT2D eigenvalue weighted by molar-refractivity contribution is -0.141. The fraction of sp³-hybridized carbons (Fsp3) is 0.154. The molecule has 0 amide bonds. The summed E-state index contributed by atoms with van der Waals surface area (Å²) in [6, 6.07) is 13.9. The summed E-state index contributed by atoms with van der Waals surface area (Å²) < 4.78 is 7.45. The number of benzene rings is 3. The van der Waals surface area contributed by atoms with Crippen molar-refractivity contribution in [3.8, 4) is 17.0 Å². The number of aldehydes is 1. The Hall–Kier alpha value is -4.06. The number of carbonyl (C=O) groups is 2. The summed E-state index contributed by atoms with van der Waals surface area (Å²) in [5.41, 5.74) is 7.10. The predicted octanol–water partition coefficient (Wildman–Crippen LogP) is 4.93. The molecule has 32 heavy (non-hydrogen) atoms. The maximum Gasteiger partial charge on any atom is 0.302 e. The van der Waals surface area contributed by atoms with Crippen molar-refractivity contribution in [2.24, 2.45) is 0 Å². The number of rotatable bonds is 4. The number of esters is 1. The van der Waals surface area contributed by atoms with Crippen molar-refractivity contribution in [3.63, 3.8) is 0 Å². The van der Waals surface area contributed by atoms with Crippen LogP contribution in [0.4, 0.5) is 0 Å². The van der Waals surface area contributed by atoms with E-state index in [-0.39, 0.29) is 18.5 Å². The van der Waals surface area contributed by atoms with Crippen LogP contribution in [0.3, 0.4) is 0 Å². The van der Waals surface area contributed by atoms with Gasteiger partial charge in [-0.15, -0.1) is 0 Å². The summed E-state index contributed by atoms with van der Waals surface area (Å²) in [7, 11) is 0. The summed E-state index contributed by atoms with van der Waals surface area (Å²) in [6.07, 6.45) is 3.42. The van der Waals surface area contributed by atoms with E-state index in [1.807, 2.05) is 30.5 Å². The first-order valence-electron chi connectivity index (χ1n) is 10.6. The lowest BCUT2D eigenvalue weighted by Gasteiger charge is -2.12. The quantitative estimate of drug-likeness (QED) is 0.310. The van der Waals surface area contributed by atoms with Crippen LogP contribution < -0.4 is 0 Å². The normalized spacial score (nSPS) is 12.4. The van der Waals surface area contributed by atoms with Gasteiger partial charge in [0.1, 0.15) is 12.9 Å². The maximum atomic E-state index is 11.5. The molecule has 0 saturated carbocycles. The fourth-order valence-corrected chi connectivity index (χ4v) is 5.25. The minimum absolute atomic E-state index is 0.141. The van der Waals surface area contributed by atoms with E-state index < -0.39 is 0 Å². The smallest absolute Gasteiger partial charge is 0.302 e. The van der Waals surface area contributed by atoms with Crippen LogP contribution in [0.5, 0.6) is 5.88 Å². The van der Waals surface area contributed by atoms with E-state index in [4.69, 9.17) is 4.74 Å². The van der Waals surface area contributed by atoms with Crippen molar-refractivity contribution in [2.75, 3.05) is 6.61 Å². The second-order valence-electron chi connectivity index (χ2n) is 8.22. The van der Waals surface area contributed by atoms with Gasteiger partial charge < -0.3 is 19.4 Å². The summed E-state index contributed by atoms with van der Waals surface area (Å²) in [4.78, 5) is 25.9. The molecule has 1 aliphatic carbocycles. The molecule has 158 valence electrons. The van der Waals surface area contributed by atoms with Crippen molar-refractivity contribution in [1.82, 2.24) is 9.55 Å². The van der Waals surface area contributed by atoms with E-state index in [1.54, 1.807) is 6.07 Å². The second-order valence-corrected chi connectivity index (χ2v) is 8.22. The van der Waals surface area contributed by atoms with E-state index in [0.29, 0.717) is 12.1 Å². The van der Waals surface area contributed by atoms with Gasteiger partial charge in [0, 0.05) is 52.3 Å². The number of nitrogens with zero attached hydrogens (tertiary/aromatic N) is 1. The highest BCUT2D eigenvalue weighted by Gasteiger charge is 2.29. The van der Waals surface area contributed by atoms with Crippen molar-refractivity contribution < 1.29 is 19.4 Å². The summed E-state index contributed by atoms with van der Waals surface area (Å²) >= 11 is 0. The van der Waals surface area contributed by atoms with Crippen LogP contribution in [-0.4, -0.2) is 33.5 Å². The molecule has 6 heteroatoms. The molecule has 0 saturated heterocycles. The van der Waals surface area contributed by atoms with Gasteiger partial charge in [-0.25, -0.2) is 0 Å². The number of hydrogen-bond acceptors (Lipinski definition) is 4. The highest BCUT2D eigenvalue weighted by molar-refractivity contribution is 6.27. The number of aromatic amines is 1. The van der Waals surface area contributed by atoms with Gasteiger partial charge in [0.15, 0.2) is 5.88 Å². The van der Waals surface area contributed by atoms with Crippen molar-refractivity contribution in [1.29, 1.82) is 0 Å². The average Bonchev–Trinajstić information content (AvgIpc) is 3.45. The third-order valence-corrected chi connectivity index (χ3v) is 6.46. The number of H-pyrrole nitrogens is 1. The third kappa shape index (κ3) is 2.46. The van der Waals surface area contributed by atoms with Crippen LogP contribution >= 0.6 is 0 Å². The van der Waals surface area contributed by atoms with Gasteiger partial charge in [0.25, 0.3) is 0 Å². The SMILES string of the molecule is CC(=O)OCCn1c2ccc(C=O)cc2c2c3c[nH]c(O)c3c3c(c21)Cc1ccccc1-3. The molecule has 0 aliphatic heterocycles. The van der Waals surface area contributed by atoms with Crippen LogP contribution in [0.15, 0.2) is 48.7 Å². The lowest BCUT2D eigenvalue weighted by Crippen LogP contribution is -2.09. The fourth-order valence-electron chi connectivity index (χ4n) is 5.25. The summed E-state index contributed by atoms with van der Waals surface area (Å²) in [5.74, 6) is -0.174. The first kappa shape index (κ1) is 18.7. The molecule has 6 rings (SSSR count). The number of aromatic hydroxyl groups is 1. The Balaban J connectivity index is 1.78. The molecular formula is C26H20N2O4. The molecule has 0 spiro atoms. The monoisotopic (exact) mass is 424 g/mol. The number of fused-ring (bicyclic) bond motifs is 10. The van der Waals surface area contributed by atoms with Crippen molar-refractivity contribution in [3.05, 3.63) is 65.4 Å². The van der Waals surface area contributed by atoms with Gasteiger partial charge in [-0.2, -0.15) is 0 Å². The predicted molar refractivity (Wildman–Crippen MR) is 123 cm³/mol. The minimum atomic E-state index is -0.315. The molecule has 2 heterocycles. The Morgan fingerprint density at radius 1 is 1.19 bits per heavy atom. The Kier molecular flexibility index (Phi) is 3.92. The second kappa shape index (κ2) is 6.72. The molecule has 2 aromatic heterocycles. The maximum absolute atomic E-state index is 11.5. The molecule has 0 atom stereocenters. The summed E-state index contributed by atoms with van der Waals surface area (Å²) in [5, 5.41) is 14.4. The molecule has 0 bridgehead atoms. The van der Waals surface area contributed by atoms with Crippen molar-refractivity contribution >= 4 is 44.8 Å². The van der Waals surface area contributed by atoms with Crippen LogP contribution in [0, 0.1) is 0 Å². The average molecular weight is 424 g/mol. The molecule has 0 fully saturated rings. The molecule has 5 aromatic rings. The minimum Gasteiger partial charge on any atom is -0.494 e. The molecule has 6 nitrogen and oxygen atoms in total. The largest absolute Gasteiger partial charge is 0.494 e. The van der Waals surface area contributed by atoms with E-state index in [9.17, 15) is 14.7 Å². The summed E-state index contributed by atoms with van der Waals surface area (Å²) in [6.45, 7) is 2.15. The zero-order valence-electron chi connectivity index (χ0n) is 17.4. The van der Waals surface area contributed by atoms with Crippen LogP contribution in [-0.2, 0) is 22.5 Å². The van der Waals surface area contributed by atoms with Crippen LogP contribution in [0.1, 0.15) is 28.4 Å². The van der Waals surface area contributed by atoms with Gasteiger partial charge in [-0.3, -0.25) is 9.59 Å². The van der Waals surface area contributed by atoms with Gasteiger partial charge in [-0.1, -0.05) is 24.3 Å². The van der Waals surface area contributed by atoms with Gasteiger partial charge in [0.05, 0.1) is 17.4 Å². The Labute approximate surface area is 183 Å². The number of nitrogens with one attached hydrogen (secondary N) is 1. The standard InChI is InChI=1S/C26H20N2O4/c1-14(30)32-9-8-28-21-7-6-15(13-29)10-18(21)23-20-12-27-26(31)24(20)22-17-5-3-2-4-16(17)11-19(22)25(23)28/h2-7,10,12-13,27,31H,8-9,11H2,1H3. The lowest BCUT2D eigenvalue weighted by atomic mass is 9.96. The molecule has 3 aromatic carbocycles. The van der Waals surface area contributed by atoms with Crippen LogP contribution in [0.2, 0.25) is 0 Å². The molecule has 2 N–H and O–H groups in total.